The van der Waals surface area contributed by atoms with Crippen molar-refractivity contribution in [2.75, 3.05) is 27.4 Å². The highest BCUT2D eigenvalue weighted by atomic mass is 16.5. The van der Waals surface area contributed by atoms with E-state index in [4.69, 9.17) is 9.47 Å². The highest BCUT2D eigenvalue weighted by molar-refractivity contribution is 6.46. The van der Waals surface area contributed by atoms with Crippen LogP contribution in [0, 0.1) is 6.92 Å². The van der Waals surface area contributed by atoms with E-state index in [1.54, 1.807) is 12.1 Å². The van der Waals surface area contributed by atoms with Crippen LogP contribution in [-0.2, 0) is 14.3 Å². The third-order valence-corrected chi connectivity index (χ3v) is 4.80. The maximum absolute atomic E-state index is 12.9. The van der Waals surface area contributed by atoms with Crippen molar-refractivity contribution in [2.45, 2.75) is 13.0 Å². The van der Waals surface area contributed by atoms with Gasteiger partial charge in [0.15, 0.2) is 0 Å². The first-order valence-corrected chi connectivity index (χ1v) is 8.97. The van der Waals surface area contributed by atoms with Crippen LogP contribution < -0.4 is 4.74 Å². The largest absolute Gasteiger partial charge is 0.507 e. The van der Waals surface area contributed by atoms with Crippen molar-refractivity contribution in [1.82, 2.24) is 4.90 Å². The van der Waals surface area contributed by atoms with Gasteiger partial charge in [-0.2, -0.15) is 0 Å². The Bertz CT molecular complexity index is 920. The van der Waals surface area contributed by atoms with Crippen molar-refractivity contribution in [3.63, 3.8) is 0 Å². The molecule has 6 heteroatoms. The van der Waals surface area contributed by atoms with Gasteiger partial charge in [-0.3, -0.25) is 9.59 Å². The van der Waals surface area contributed by atoms with Gasteiger partial charge in [0.1, 0.15) is 11.5 Å². The molecule has 1 heterocycles. The number of Topliss-reactive ketones (excluding diaryl/α,β-unsaturated/α-hetero) is 1. The molecular formula is C22H23NO5. The van der Waals surface area contributed by atoms with Gasteiger partial charge >= 0.3 is 0 Å². The van der Waals surface area contributed by atoms with Gasteiger partial charge < -0.3 is 19.5 Å². The van der Waals surface area contributed by atoms with Crippen LogP contribution in [0.1, 0.15) is 22.7 Å². The summed E-state index contributed by atoms with van der Waals surface area (Å²) in [4.78, 5) is 27.0. The number of likely N-dealkylation sites (tertiary alicyclic amines) is 1. The van der Waals surface area contributed by atoms with E-state index < -0.39 is 17.7 Å². The second kappa shape index (κ2) is 8.27. The molecule has 0 aliphatic carbocycles. The average molecular weight is 381 g/mol. The van der Waals surface area contributed by atoms with E-state index in [2.05, 4.69) is 0 Å². The molecule has 0 saturated carbocycles. The van der Waals surface area contributed by atoms with Gasteiger partial charge in [-0.15, -0.1) is 0 Å². The molecule has 1 amide bonds. The fourth-order valence-electron chi connectivity index (χ4n) is 3.43. The molecule has 28 heavy (non-hydrogen) atoms. The minimum Gasteiger partial charge on any atom is -0.507 e. The van der Waals surface area contributed by atoms with Crippen molar-refractivity contribution in [1.29, 1.82) is 0 Å². The van der Waals surface area contributed by atoms with Crippen molar-refractivity contribution in [3.05, 3.63) is 70.8 Å². The molecule has 1 unspecified atom stereocenters. The normalized spacial score (nSPS) is 18.5. The molecule has 146 valence electrons. The van der Waals surface area contributed by atoms with Crippen molar-refractivity contribution in [3.8, 4) is 5.75 Å². The molecule has 1 fully saturated rings. The first kappa shape index (κ1) is 19.6. The smallest absolute Gasteiger partial charge is 0.295 e. The number of aliphatic hydroxyl groups is 1. The molecule has 0 spiro atoms. The zero-order valence-corrected chi connectivity index (χ0v) is 16.1. The predicted octanol–water partition coefficient (Wildman–Crippen LogP) is 3.07. The summed E-state index contributed by atoms with van der Waals surface area (Å²) in [5, 5.41) is 11.1. The Balaban J connectivity index is 2.21. The average Bonchev–Trinajstić information content (AvgIpc) is 2.97. The lowest BCUT2D eigenvalue weighted by molar-refractivity contribution is -0.140. The van der Waals surface area contributed by atoms with Gasteiger partial charge in [0.05, 0.1) is 30.9 Å². The molecule has 1 N–H and O–H groups in total. The number of aryl methyl sites for hydroxylation is 1. The van der Waals surface area contributed by atoms with E-state index in [0.717, 1.165) is 11.1 Å². The second-order valence-electron chi connectivity index (χ2n) is 6.60. The quantitative estimate of drug-likeness (QED) is 0.473. The lowest BCUT2D eigenvalue weighted by Crippen LogP contribution is -2.32. The minimum atomic E-state index is -0.717. The van der Waals surface area contributed by atoms with Crippen molar-refractivity contribution >= 4 is 17.4 Å². The summed E-state index contributed by atoms with van der Waals surface area (Å²) in [5.74, 6) is -1.18. The Morgan fingerprint density at radius 3 is 2.46 bits per heavy atom. The molecular weight excluding hydrogens is 358 g/mol. The highest BCUT2D eigenvalue weighted by Gasteiger charge is 2.46. The molecule has 2 aromatic rings. The third-order valence-electron chi connectivity index (χ3n) is 4.80. The molecule has 1 saturated heterocycles. The van der Waals surface area contributed by atoms with Crippen LogP contribution in [0.2, 0.25) is 0 Å². The maximum atomic E-state index is 12.9. The standard InChI is InChI=1S/C22H23NO5/c1-14-9-10-17(28-3)16(13-14)20(24)18-19(15-7-5-4-6-8-15)23(11-12-27-2)22(26)21(18)25/h4-10,13,19,24H,11-12H2,1-3H3/b20-18+. The molecule has 1 aliphatic heterocycles. The number of hydrogen-bond donors (Lipinski definition) is 1. The fraction of sp³-hybridized carbons (Fsp3) is 0.273. The predicted molar refractivity (Wildman–Crippen MR) is 105 cm³/mol. The number of hydrogen-bond acceptors (Lipinski definition) is 5. The number of methoxy groups -OCH3 is 2. The molecule has 0 bridgehead atoms. The monoisotopic (exact) mass is 381 g/mol. The Morgan fingerprint density at radius 1 is 1.11 bits per heavy atom. The van der Waals surface area contributed by atoms with Crippen LogP contribution in [0.25, 0.3) is 5.76 Å². The number of ketones is 1. The van der Waals surface area contributed by atoms with Crippen LogP contribution in [0.5, 0.6) is 5.75 Å². The van der Waals surface area contributed by atoms with E-state index in [9.17, 15) is 14.7 Å². The topological polar surface area (TPSA) is 76.1 Å². The Hall–Kier alpha value is -3.12. The second-order valence-corrected chi connectivity index (χ2v) is 6.60. The number of benzene rings is 2. The Labute approximate surface area is 164 Å². The molecule has 0 aromatic heterocycles. The maximum Gasteiger partial charge on any atom is 0.295 e. The Kier molecular flexibility index (Phi) is 5.80. The van der Waals surface area contributed by atoms with Crippen LogP contribution >= 0.6 is 0 Å². The zero-order valence-electron chi connectivity index (χ0n) is 16.1. The Morgan fingerprint density at radius 2 is 1.82 bits per heavy atom. The zero-order chi connectivity index (χ0) is 20.3. The van der Waals surface area contributed by atoms with Crippen LogP contribution in [0.3, 0.4) is 0 Å². The van der Waals surface area contributed by atoms with Gasteiger partial charge in [-0.1, -0.05) is 42.0 Å². The first-order valence-electron chi connectivity index (χ1n) is 8.97. The van der Waals surface area contributed by atoms with Crippen LogP contribution in [-0.4, -0.2) is 49.1 Å². The molecule has 2 aromatic carbocycles. The molecule has 6 nitrogen and oxygen atoms in total. The highest BCUT2D eigenvalue weighted by Crippen LogP contribution is 2.40. The van der Waals surface area contributed by atoms with Crippen molar-refractivity contribution < 1.29 is 24.2 Å². The molecule has 1 atom stereocenters. The number of carbonyl (C=O) groups excluding carboxylic acids is 2. The van der Waals surface area contributed by atoms with Gasteiger partial charge in [0.25, 0.3) is 11.7 Å². The number of rotatable bonds is 6. The number of amides is 1. The SMILES string of the molecule is COCCN1C(=O)C(=O)/C(=C(/O)c2cc(C)ccc2OC)C1c1ccccc1. The number of ether oxygens (including phenoxy) is 2. The van der Waals surface area contributed by atoms with Gasteiger partial charge in [0, 0.05) is 13.7 Å². The summed E-state index contributed by atoms with van der Waals surface area (Å²) >= 11 is 0. The number of carbonyl (C=O) groups is 2. The van der Waals surface area contributed by atoms with Gasteiger partial charge in [0.2, 0.25) is 0 Å². The van der Waals surface area contributed by atoms with Gasteiger partial charge in [-0.25, -0.2) is 0 Å². The third kappa shape index (κ3) is 3.51. The van der Waals surface area contributed by atoms with E-state index in [0.29, 0.717) is 11.3 Å². The fourth-order valence-corrected chi connectivity index (χ4v) is 3.43. The lowest BCUT2D eigenvalue weighted by atomic mass is 9.94. The lowest BCUT2D eigenvalue weighted by Gasteiger charge is -2.25. The summed E-state index contributed by atoms with van der Waals surface area (Å²) in [6.45, 7) is 2.40. The number of nitrogens with zero attached hydrogens (tertiary/aromatic N) is 1. The van der Waals surface area contributed by atoms with Crippen LogP contribution in [0.4, 0.5) is 0 Å². The molecule has 3 rings (SSSR count). The first-order chi connectivity index (χ1) is 13.5. The number of aliphatic hydroxyl groups excluding tert-OH is 1. The molecule has 0 radical (unpaired) electrons. The van der Waals surface area contributed by atoms with E-state index in [1.165, 1.54) is 19.1 Å². The van der Waals surface area contributed by atoms with E-state index in [1.807, 2.05) is 43.3 Å². The summed E-state index contributed by atoms with van der Waals surface area (Å²) in [6, 6.07) is 13.8. The summed E-state index contributed by atoms with van der Waals surface area (Å²) in [6.07, 6.45) is 0. The van der Waals surface area contributed by atoms with Crippen molar-refractivity contribution in [2.24, 2.45) is 0 Å². The van der Waals surface area contributed by atoms with Crippen LogP contribution in [0.15, 0.2) is 54.1 Å². The van der Waals surface area contributed by atoms with E-state index in [-0.39, 0.29) is 24.5 Å². The minimum absolute atomic E-state index is 0.0520. The summed E-state index contributed by atoms with van der Waals surface area (Å²) in [5.41, 5.74) is 2.07. The summed E-state index contributed by atoms with van der Waals surface area (Å²) in [7, 11) is 3.03. The summed E-state index contributed by atoms with van der Waals surface area (Å²) < 4.78 is 10.5. The van der Waals surface area contributed by atoms with Gasteiger partial charge in [-0.05, 0) is 24.6 Å². The molecule has 1 aliphatic rings. The van der Waals surface area contributed by atoms with E-state index >= 15 is 0 Å².